The molecule has 1 aliphatic heterocycles. The van der Waals surface area contributed by atoms with Crippen molar-refractivity contribution < 1.29 is 31.9 Å². The van der Waals surface area contributed by atoms with Crippen molar-refractivity contribution in [2.45, 2.75) is 51.2 Å². The molecule has 11 heteroatoms. The number of amides is 2. The highest BCUT2D eigenvalue weighted by atomic mass is 32.2. The lowest BCUT2D eigenvalue weighted by molar-refractivity contribution is -0.139. The maximum Gasteiger partial charge on any atom is 0.244 e. The van der Waals surface area contributed by atoms with E-state index in [0.29, 0.717) is 17.1 Å². The van der Waals surface area contributed by atoms with Crippen LogP contribution in [-0.2, 0) is 26.2 Å². The van der Waals surface area contributed by atoms with Gasteiger partial charge in [-0.15, -0.1) is 0 Å². The average molecular weight is 520 g/mol. The first kappa shape index (κ1) is 25.7. The molecule has 1 fully saturated rings. The molecule has 2 aromatic carbocycles. The number of hydrogen-bond acceptors (Lipinski definition) is 6. The highest BCUT2D eigenvalue weighted by Crippen LogP contribution is 2.36. The molecular weight excluding hydrogens is 489 g/mol. The Morgan fingerprint density at radius 1 is 1.08 bits per heavy atom. The van der Waals surface area contributed by atoms with E-state index in [1.54, 1.807) is 13.0 Å². The van der Waals surface area contributed by atoms with Crippen LogP contribution >= 0.6 is 0 Å². The van der Waals surface area contributed by atoms with E-state index in [9.17, 15) is 22.4 Å². The van der Waals surface area contributed by atoms with Gasteiger partial charge in [0.1, 0.15) is 18.4 Å². The van der Waals surface area contributed by atoms with Crippen molar-refractivity contribution in [3.8, 4) is 11.5 Å². The Morgan fingerprint density at radius 3 is 2.42 bits per heavy atom. The number of carbonyl (C=O) groups excluding carboxylic acids is 2. The van der Waals surface area contributed by atoms with Crippen molar-refractivity contribution in [3.05, 3.63) is 53.8 Å². The SMILES string of the molecule is C[C@@H](C(=O)NC1CCCC1)N(Cc1ccc(F)cc1)C(=O)CN(c1ccc2c(c1)OCO2)S(C)(=O)=O. The highest BCUT2D eigenvalue weighted by molar-refractivity contribution is 7.92. The van der Waals surface area contributed by atoms with Gasteiger partial charge in [0.05, 0.1) is 11.9 Å². The van der Waals surface area contributed by atoms with E-state index in [1.165, 1.54) is 41.3 Å². The van der Waals surface area contributed by atoms with Crippen LogP contribution in [0.3, 0.4) is 0 Å². The Morgan fingerprint density at radius 2 is 1.75 bits per heavy atom. The number of halogens is 1. The second-order valence-corrected chi connectivity index (χ2v) is 11.0. The van der Waals surface area contributed by atoms with Gasteiger partial charge in [-0.1, -0.05) is 25.0 Å². The van der Waals surface area contributed by atoms with Crippen molar-refractivity contribution in [1.82, 2.24) is 10.2 Å². The molecule has 2 aromatic rings. The van der Waals surface area contributed by atoms with E-state index in [-0.39, 0.29) is 31.0 Å². The van der Waals surface area contributed by atoms with Crippen molar-refractivity contribution in [2.75, 3.05) is 23.9 Å². The van der Waals surface area contributed by atoms with E-state index in [0.717, 1.165) is 36.2 Å². The van der Waals surface area contributed by atoms with Crippen LogP contribution in [0.1, 0.15) is 38.2 Å². The molecule has 1 saturated carbocycles. The Labute approximate surface area is 210 Å². The third-order valence-corrected chi connectivity index (χ3v) is 7.60. The van der Waals surface area contributed by atoms with Gasteiger partial charge in [-0.2, -0.15) is 0 Å². The fourth-order valence-corrected chi connectivity index (χ4v) is 5.26. The van der Waals surface area contributed by atoms with E-state index >= 15 is 0 Å². The number of hydrogen-bond donors (Lipinski definition) is 1. The first-order valence-corrected chi connectivity index (χ1v) is 13.7. The molecule has 1 heterocycles. The minimum absolute atomic E-state index is 0.0110. The Hall–Kier alpha value is -3.34. The van der Waals surface area contributed by atoms with Crippen LogP contribution in [0, 0.1) is 5.82 Å². The molecule has 1 atom stereocenters. The van der Waals surface area contributed by atoms with Crippen LogP contribution in [0.15, 0.2) is 42.5 Å². The molecule has 9 nitrogen and oxygen atoms in total. The molecule has 1 N–H and O–H groups in total. The zero-order valence-corrected chi connectivity index (χ0v) is 21.1. The summed E-state index contributed by atoms with van der Waals surface area (Å²) in [6, 6.07) is 9.40. The quantitative estimate of drug-likeness (QED) is 0.546. The third kappa shape index (κ3) is 6.07. The lowest BCUT2D eigenvalue weighted by atomic mass is 10.1. The number of rotatable bonds is 9. The first-order chi connectivity index (χ1) is 17.1. The van der Waals surface area contributed by atoms with Gasteiger partial charge in [0.25, 0.3) is 0 Å². The zero-order chi connectivity index (χ0) is 25.9. The molecule has 36 heavy (non-hydrogen) atoms. The molecule has 0 spiro atoms. The summed E-state index contributed by atoms with van der Waals surface area (Å²) >= 11 is 0. The predicted octanol–water partition coefficient (Wildman–Crippen LogP) is 2.80. The second-order valence-electron chi connectivity index (χ2n) is 9.12. The molecule has 2 aliphatic rings. The molecule has 0 bridgehead atoms. The Kier molecular flexibility index (Phi) is 7.67. The first-order valence-electron chi connectivity index (χ1n) is 11.8. The molecule has 0 saturated heterocycles. The van der Waals surface area contributed by atoms with Gasteiger partial charge in [-0.05, 0) is 49.6 Å². The molecule has 4 rings (SSSR count). The maximum absolute atomic E-state index is 13.6. The van der Waals surface area contributed by atoms with Gasteiger partial charge in [-0.3, -0.25) is 13.9 Å². The van der Waals surface area contributed by atoms with Crippen molar-refractivity contribution in [2.24, 2.45) is 0 Å². The van der Waals surface area contributed by atoms with Gasteiger partial charge in [0, 0.05) is 18.7 Å². The summed E-state index contributed by atoms with van der Waals surface area (Å²) in [5, 5.41) is 3.00. The molecule has 0 radical (unpaired) electrons. The number of anilines is 1. The second kappa shape index (κ2) is 10.7. The summed E-state index contributed by atoms with van der Waals surface area (Å²) in [4.78, 5) is 27.9. The number of ether oxygens (including phenoxy) is 2. The van der Waals surface area contributed by atoms with Gasteiger partial charge in [0.15, 0.2) is 11.5 Å². The van der Waals surface area contributed by atoms with Crippen LogP contribution in [0.2, 0.25) is 0 Å². The van der Waals surface area contributed by atoms with Gasteiger partial charge < -0.3 is 19.7 Å². The summed E-state index contributed by atoms with van der Waals surface area (Å²) in [6.45, 7) is 1.12. The highest BCUT2D eigenvalue weighted by Gasteiger charge is 2.32. The van der Waals surface area contributed by atoms with Crippen molar-refractivity contribution in [3.63, 3.8) is 0 Å². The summed E-state index contributed by atoms with van der Waals surface area (Å²) in [6.07, 6.45) is 4.85. The van der Waals surface area contributed by atoms with Gasteiger partial charge in [0.2, 0.25) is 28.6 Å². The molecule has 194 valence electrons. The van der Waals surface area contributed by atoms with Crippen LogP contribution < -0.4 is 19.1 Å². The maximum atomic E-state index is 13.6. The number of carbonyl (C=O) groups is 2. The van der Waals surface area contributed by atoms with Crippen molar-refractivity contribution >= 4 is 27.5 Å². The van der Waals surface area contributed by atoms with E-state index < -0.39 is 34.3 Å². The molecule has 0 aromatic heterocycles. The summed E-state index contributed by atoms with van der Waals surface area (Å²) < 4.78 is 50.4. The van der Waals surface area contributed by atoms with Crippen LogP contribution in [-0.4, -0.2) is 56.8 Å². The van der Waals surface area contributed by atoms with Crippen molar-refractivity contribution in [1.29, 1.82) is 0 Å². The van der Waals surface area contributed by atoms with E-state index in [4.69, 9.17) is 9.47 Å². The summed E-state index contributed by atoms with van der Waals surface area (Å²) in [5.74, 6) is -0.452. The topological polar surface area (TPSA) is 105 Å². The fraction of sp³-hybridized carbons (Fsp3) is 0.440. The van der Waals surface area contributed by atoms with E-state index in [2.05, 4.69) is 5.32 Å². The number of sulfonamides is 1. The number of fused-ring (bicyclic) bond motifs is 1. The largest absolute Gasteiger partial charge is 0.454 e. The summed E-state index contributed by atoms with van der Waals surface area (Å²) in [5.41, 5.74) is 0.846. The van der Waals surface area contributed by atoms with Crippen LogP contribution in [0.5, 0.6) is 11.5 Å². The minimum Gasteiger partial charge on any atom is -0.454 e. The Bertz CT molecular complexity index is 1210. The lowest BCUT2D eigenvalue weighted by Crippen LogP contribution is -2.52. The number of nitrogens with one attached hydrogen (secondary N) is 1. The molecule has 0 unspecified atom stereocenters. The fourth-order valence-electron chi connectivity index (χ4n) is 4.42. The standard InChI is InChI=1S/C25H30FN3O6S/c1-17(25(31)27-20-5-3-4-6-20)28(14-18-7-9-19(26)10-8-18)24(30)15-29(36(2,32)33)21-11-12-22-23(13-21)35-16-34-22/h7-13,17,20H,3-6,14-16H2,1-2H3,(H,27,31)/t17-/m0/s1. The molecule has 1 aliphatic carbocycles. The minimum atomic E-state index is -3.87. The van der Waals surface area contributed by atoms with Gasteiger partial charge in [-0.25, -0.2) is 12.8 Å². The van der Waals surface area contributed by atoms with E-state index in [1.807, 2.05) is 0 Å². The Balaban J connectivity index is 1.59. The van der Waals surface area contributed by atoms with Crippen LogP contribution in [0.25, 0.3) is 0 Å². The monoisotopic (exact) mass is 519 g/mol. The van der Waals surface area contributed by atoms with Gasteiger partial charge >= 0.3 is 0 Å². The average Bonchev–Trinajstić information content (AvgIpc) is 3.52. The predicted molar refractivity (Wildman–Crippen MR) is 132 cm³/mol. The smallest absolute Gasteiger partial charge is 0.244 e. The third-order valence-electron chi connectivity index (χ3n) is 6.46. The molecular formula is C25H30FN3O6S. The lowest BCUT2D eigenvalue weighted by Gasteiger charge is -2.32. The molecule has 2 amide bonds. The zero-order valence-electron chi connectivity index (χ0n) is 20.3. The normalized spacial score (nSPS) is 16.0. The number of benzene rings is 2. The number of nitrogens with zero attached hydrogens (tertiary/aromatic N) is 2. The summed E-state index contributed by atoms with van der Waals surface area (Å²) in [7, 11) is -3.87. The van der Waals surface area contributed by atoms with Crippen LogP contribution in [0.4, 0.5) is 10.1 Å².